The first-order valence-electron chi connectivity index (χ1n) is 11.3. The molecule has 0 aliphatic rings. The molecular formula is C24H33N3O9. The average molecular weight is 508 g/mol. The second kappa shape index (κ2) is 14.4. The van der Waals surface area contributed by atoms with Crippen molar-refractivity contribution in [1.82, 2.24) is 13.7 Å². The Morgan fingerprint density at radius 1 is 0.556 bits per heavy atom. The van der Waals surface area contributed by atoms with Gasteiger partial charge in [0.25, 0.3) is 0 Å². The lowest BCUT2D eigenvalue weighted by molar-refractivity contribution is -0.139. The molecule has 0 saturated heterocycles. The smallest absolute Gasteiger partial charge is 0.336 e. The van der Waals surface area contributed by atoms with Crippen LogP contribution in [0.2, 0.25) is 0 Å². The Balaban J connectivity index is 3.09. The van der Waals surface area contributed by atoms with Gasteiger partial charge in [0.05, 0.1) is 19.8 Å². The summed E-state index contributed by atoms with van der Waals surface area (Å²) in [4.78, 5) is 73.3. The van der Waals surface area contributed by atoms with Crippen LogP contribution in [-0.4, -0.2) is 51.4 Å². The fourth-order valence-electron chi connectivity index (χ4n) is 2.79. The summed E-state index contributed by atoms with van der Waals surface area (Å²) in [5.41, 5.74) is -1.89. The monoisotopic (exact) mass is 507 g/mol. The molecule has 12 nitrogen and oxygen atoms in total. The minimum absolute atomic E-state index is 0.0651. The summed E-state index contributed by atoms with van der Waals surface area (Å²) in [6, 6.07) is 0. The van der Waals surface area contributed by atoms with Gasteiger partial charge in [0.15, 0.2) is 0 Å². The number of hydrogen-bond donors (Lipinski definition) is 0. The van der Waals surface area contributed by atoms with E-state index in [1.165, 1.54) is 20.8 Å². The first-order valence-corrected chi connectivity index (χ1v) is 11.3. The largest absolute Gasteiger partial charge is 0.462 e. The van der Waals surface area contributed by atoms with Crippen LogP contribution in [0.5, 0.6) is 0 Å². The first kappa shape index (κ1) is 30.1. The van der Waals surface area contributed by atoms with Crippen LogP contribution in [0.25, 0.3) is 0 Å². The summed E-state index contributed by atoms with van der Waals surface area (Å²) < 4.78 is 17.6. The van der Waals surface area contributed by atoms with Crippen LogP contribution in [0.4, 0.5) is 0 Å². The van der Waals surface area contributed by atoms with E-state index in [1.54, 1.807) is 0 Å². The summed E-state index contributed by atoms with van der Waals surface area (Å²) in [6.45, 7) is 14.3. The molecule has 1 aromatic heterocycles. The van der Waals surface area contributed by atoms with Gasteiger partial charge in [-0.25, -0.2) is 42.5 Å². The van der Waals surface area contributed by atoms with Crippen molar-refractivity contribution < 1.29 is 28.6 Å². The fourth-order valence-corrected chi connectivity index (χ4v) is 2.79. The second-order valence-corrected chi connectivity index (χ2v) is 8.11. The molecule has 0 aromatic carbocycles. The number of nitrogens with zero attached hydrogens (tertiary/aromatic N) is 3. The van der Waals surface area contributed by atoms with Gasteiger partial charge in [-0.2, -0.15) is 0 Å². The maximum atomic E-state index is 12.9. The molecule has 0 unspecified atom stereocenters. The molecule has 0 atom stereocenters. The third-order valence-electron chi connectivity index (χ3n) is 4.71. The first-order chi connectivity index (χ1) is 16.9. The maximum absolute atomic E-state index is 12.9. The molecule has 0 spiro atoms. The average Bonchev–Trinajstić information content (AvgIpc) is 2.81. The highest BCUT2D eigenvalue weighted by Gasteiger charge is 2.16. The summed E-state index contributed by atoms with van der Waals surface area (Å²) in [6.07, 6.45) is 0.413. The number of hydrogen-bond acceptors (Lipinski definition) is 9. The van der Waals surface area contributed by atoms with Crippen LogP contribution in [0.15, 0.2) is 50.8 Å². The summed E-state index contributed by atoms with van der Waals surface area (Å²) in [5, 5.41) is 0. The van der Waals surface area contributed by atoms with E-state index in [4.69, 9.17) is 14.2 Å². The second-order valence-electron chi connectivity index (χ2n) is 8.11. The highest BCUT2D eigenvalue weighted by molar-refractivity contribution is 5.87. The van der Waals surface area contributed by atoms with E-state index >= 15 is 0 Å². The number of ether oxygens (including phenoxy) is 3. The van der Waals surface area contributed by atoms with Crippen molar-refractivity contribution in [3.63, 3.8) is 0 Å². The van der Waals surface area contributed by atoms with Gasteiger partial charge in [-0.15, -0.1) is 0 Å². The van der Waals surface area contributed by atoms with E-state index in [0.29, 0.717) is 0 Å². The van der Waals surface area contributed by atoms with E-state index in [0.717, 1.165) is 13.7 Å². The normalized spacial score (nSPS) is 10.4. The molecule has 1 rings (SSSR count). The highest BCUT2D eigenvalue weighted by atomic mass is 16.5. The number of carbonyl (C=O) groups excluding carboxylic acids is 3. The van der Waals surface area contributed by atoms with Crippen molar-refractivity contribution in [2.75, 3.05) is 19.8 Å². The van der Waals surface area contributed by atoms with Crippen molar-refractivity contribution >= 4 is 17.9 Å². The molecule has 0 amide bonds. The molecule has 0 N–H and O–H groups in total. The van der Waals surface area contributed by atoms with Crippen LogP contribution in [-0.2, 0) is 48.2 Å². The van der Waals surface area contributed by atoms with Crippen molar-refractivity contribution in [3.8, 4) is 0 Å². The molecule has 198 valence electrons. The predicted molar refractivity (Wildman–Crippen MR) is 130 cm³/mol. The van der Waals surface area contributed by atoms with Crippen LogP contribution < -0.4 is 17.1 Å². The Hall–Kier alpha value is -3.96. The SMILES string of the molecule is C=C(C)C(=O)OCCCn1c(=O)n(CCCOC(=O)C(=C)C)c(=O)n(CCCOC(=O)C(=C)C)c1=O. The summed E-state index contributed by atoms with van der Waals surface area (Å²) >= 11 is 0. The van der Waals surface area contributed by atoms with Crippen molar-refractivity contribution in [1.29, 1.82) is 0 Å². The maximum Gasteiger partial charge on any atom is 0.336 e. The molecule has 1 heterocycles. The number of carbonyl (C=O) groups is 3. The van der Waals surface area contributed by atoms with Gasteiger partial charge in [-0.05, 0) is 40.0 Å². The van der Waals surface area contributed by atoms with Crippen LogP contribution in [0.3, 0.4) is 0 Å². The Bertz CT molecular complexity index is 1020. The topological polar surface area (TPSA) is 145 Å². The molecule has 36 heavy (non-hydrogen) atoms. The zero-order valence-electron chi connectivity index (χ0n) is 21.0. The molecule has 0 aliphatic carbocycles. The van der Waals surface area contributed by atoms with Crippen molar-refractivity contribution in [2.45, 2.75) is 59.7 Å². The van der Waals surface area contributed by atoms with E-state index in [-0.39, 0.29) is 75.4 Å². The third-order valence-corrected chi connectivity index (χ3v) is 4.71. The lowest BCUT2D eigenvalue weighted by Gasteiger charge is -2.14. The third kappa shape index (κ3) is 9.01. The molecule has 0 saturated carbocycles. The molecule has 0 radical (unpaired) electrons. The van der Waals surface area contributed by atoms with Crippen LogP contribution >= 0.6 is 0 Å². The lowest BCUT2D eigenvalue weighted by atomic mass is 10.3. The molecule has 12 heteroatoms. The van der Waals surface area contributed by atoms with E-state index in [9.17, 15) is 28.8 Å². The van der Waals surface area contributed by atoms with Crippen LogP contribution in [0, 0.1) is 0 Å². The van der Waals surface area contributed by atoms with Crippen molar-refractivity contribution in [3.05, 3.63) is 67.9 Å². The number of aromatic nitrogens is 3. The zero-order valence-corrected chi connectivity index (χ0v) is 21.0. The Morgan fingerprint density at radius 2 is 0.778 bits per heavy atom. The molecule has 1 aromatic rings. The highest BCUT2D eigenvalue weighted by Crippen LogP contribution is 1.97. The van der Waals surface area contributed by atoms with Crippen LogP contribution in [0.1, 0.15) is 40.0 Å². The fraction of sp³-hybridized carbons (Fsp3) is 0.500. The summed E-state index contributed by atoms with van der Waals surface area (Å²) in [7, 11) is 0. The van der Waals surface area contributed by atoms with Gasteiger partial charge in [0.2, 0.25) is 0 Å². The van der Waals surface area contributed by atoms with Crippen molar-refractivity contribution in [2.24, 2.45) is 0 Å². The predicted octanol–water partition coefficient (Wildman–Crippen LogP) is 0.700. The Labute approximate surface area is 208 Å². The van der Waals surface area contributed by atoms with E-state index in [2.05, 4.69) is 19.7 Å². The Morgan fingerprint density at radius 3 is 0.972 bits per heavy atom. The van der Waals surface area contributed by atoms with Gasteiger partial charge in [0.1, 0.15) is 0 Å². The van der Waals surface area contributed by atoms with Gasteiger partial charge < -0.3 is 14.2 Å². The van der Waals surface area contributed by atoms with Gasteiger partial charge in [-0.1, -0.05) is 19.7 Å². The Kier molecular flexibility index (Phi) is 12.1. The van der Waals surface area contributed by atoms with Gasteiger partial charge in [-0.3, -0.25) is 0 Å². The molecule has 0 fully saturated rings. The molecular weight excluding hydrogens is 474 g/mol. The molecule has 0 bridgehead atoms. The van der Waals surface area contributed by atoms with E-state index < -0.39 is 35.0 Å². The van der Waals surface area contributed by atoms with E-state index in [1.807, 2.05) is 0 Å². The number of rotatable bonds is 15. The minimum atomic E-state index is -0.840. The molecule has 0 aliphatic heterocycles. The van der Waals surface area contributed by atoms with Gasteiger partial charge in [0, 0.05) is 36.4 Å². The standard InChI is InChI=1S/C24H33N3O9/c1-16(2)19(28)34-13-7-10-25-22(31)26(11-8-14-35-20(29)17(3)4)24(33)27(23(25)32)12-9-15-36-21(30)18(5)6/h1,3,5,7-15H2,2,4,6H3. The quantitative estimate of drug-likeness (QED) is 0.145. The number of esters is 3. The minimum Gasteiger partial charge on any atom is -0.462 e. The summed E-state index contributed by atoms with van der Waals surface area (Å²) in [5.74, 6) is -1.80. The van der Waals surface area contributed by atoms with Gasteiger partial charge >= 0.3 is 35.0 Å². The lowest BCUT2D eigenvalue weighted by Crippen LogP contribution is -2.54. The zero-order chi connectivity index (χ0) is 27.4.